The molecule has 1 atom stereocenters. The molecule has 1 saturated heterocycles. The molecule has 150 valence electrons. The van der Waals surface area contributed by atoms with Crippen LogP contribution in [0.15, 0.2) is 30.3 Å². The zero-order valence-corrected chi connectivity index (χ0v) is 15.6. The van der Waals surface area contributed by atoms with Crippen LogP contribution >= 0.6 is 0 Å². The molecule has 0 spiro atoms. The predicted molar refractivity (Wildman–Crippen MR) is 97.4 cm³/mol. The van der Waals surface area contributed by atoms with Crippen LogP contribution in [0.5, 0.6) is 5.75 Å². The third-order valence-electron chi connectivity index (χ3n) is 4.54. The van der Waals surface area contributed by atoms with Crippen molar-refractivity contribution in [1.82, 2.24) is 15.3 Å². The Morgan fingerprint density at radius 2 is 2.07 bits per heavy atom. The minimum atomic E-state index is -4.45. The maximum absolute atomic E-state index is 13.1. The zero-order chi connectivity index (χ0) is 20.3. The first-order valence-corrected chi connectivity index (χ1v) is 8.89. The number of ether oxygens (including phenoxy) is 1. The van der Waals surface area contributed by atoms with Crippen LogP contribution in [-0.4, -0.2) is 42.6 Å². The van der Waals surface area contributed by atoms with Gasteiger partial charge in [0.15, 0.2) is 0 Å². The molecule has 1 aliphatic rings. The Kier molecular flexibility index (Phi) is 5.71. The molecule has 9 heteroatoms. The third-order valence-corrected chi connectivity index (χ3v) is 4.54. The second-order valence-electron chi connectivity index (χ2n) is 6.68. The first-order chi connectivity index (χ1) is 13.3. The molecule has 0 aliphatic carbocycles. The molecule has 2 heterocycles. The van der Waals surface area contributed by atoms with Gasteiger partial charge in [-0.2, -0.15) is 13.2 Å². The topological polar surface area (TPSA) is 67.4 Å². The van der Waals surface area contributed by atoms with Crippen LogP contribution in [0, 0.1) is 12.8 Å². The van der Waals surface area contributed by atoms with Gasteiger partial charge in [0.1, 0.15) is 11.4 Å². The number of carbonyl (C=O) groups is 1. The highest BCUT2D eigenvalue weighted by Gasteiger charge is 2.34. The number of carbonyl (C=O) groups excluding carboxylic acids is 1. The Bertz CT molecular complexity index is 857. The molecule has 3 rings (SSSR count). The Balaban J connectivity index is 1.66. The van der Waals surface area contributed by atoms with Crippen LogP contribution < -0.4 is 15.0 Å². The van der Waals surface area contributed by atoms with E-state index in [2.05, 4.69) is 15.3 Å². The number of amides is 1. The molecule has 28 heavy (non-hydrogen) atoms. The number of halogens is 3. The number of nitrogens with one attached hydrogen (secondary N) is 1. The average molecular weight is 394 g/mol. The summed E-state index contributed by atoms with van der Waals surface area (Å²) in [6.07, 6.45) is -3.72. The lowest BCUT2D eigenvalue weighted by atomic mass is 10.1. The second kappa shape index (κ2) is 8.04. The summed E-state index contributed by atoms with van der Waals surface area (Å²) in [5, 5.41) is 2.53. The van der Waals surface area contributed by atoms with E-state index in [9.17, 15) is 18.0 Å². The van der Waals surface area contributed by atoms with Crippen molar-refractivity contribution in [1.29, 1.82) is 0 Å². The highest BCUT2D eigenvalue weighted by molar-refractivity contribution is 5.92. The van der Waals surface area contributed by atoms with E-state index in [0.717, 1.165) is 12.5 Å². The van der Waals surface area contributed by atoms with Gasteiger partial charge >= 0.3 is 6.18 Å². The summed E-state index contributed by atoms with van der Waals surface area (Å²) in [5.74, 6) is 0.0161. The molecule has 1 aliphatic heterocycles. The summed E-state index contributed by atoms with van der Waals surface area (Å²) in [7, 11) is 1.53. The number of aryl methyl sites for hydroxylation is 1. The molecular weight excluding hydrogens is 373 g/mol. The minimum absolute atomic E-state index is 0.0360. The lowest BCUT2D eigenvalue weighted by Gasteiger charge is -2.18. The largest absolute Gasteiger partial charge is 0.493 e. The van der Waals surface area contributed by atoms with Crippen LogP contribution in [0.1, 0.15) is 28.2 Å². The van der Waals surface area contributed by atoms with Crippen molar-refractivity contribution < 1.29 is 22.7 Å². The number of benzene rings is 1. The molecule has 1 fully saturated rings. The van der Waals surface area contributed by atoms with Crippen molar-refractivity contribution in [3.8, 4) is 5.75 Å². The number of aromatic nitrogens is 2. The fraction of sp³-hybridized carbons (Fsp3) is 0.421. The lowest BCUT2D eigenvalue weighted by Crippen LogP contribution is -2.26. The lowest BCUT2D eigenvalue weighted by molar-refractivity contribution is -0.139. The Morgan fingerprint density at radius 1 is 1.32 bits per heavy atom. The van der Waals surface area contributed by atoms with Gasteiger partial charge in [0, 0.05) is 31.7 Å². The first kappa shape index (κ1) is 19.9. The molecule has 2 aromatic rings. The smallest absolute Gasteiger partial charge is 0.419 e. The van der Waals surface area contributed by atoms with Gasteiger partial charge in [-0.1, -0.05) is 12.1 Å². The third kappa shape index (κ3) is 4.52. The molecule has 0 radical (unpaired) electrons. The Labute approximate surface area is 160 Å². The van der Waals surface area contributed by atoms with Gasteiger partial charge in [0.2, 0.25) is 5.95 Å². The normalized spacial score (nSPS) is 16.9. The number of rotatable bonds is 5. The van der Waals surface area contributed by atoms with Crippen LogP contribution in [0.25, 0.3) is 0 Å². The molecule has 0 bridgehead atoms. The van der Waals surface area contributed by atoms with Gasteiger partial charge in [0.05, 0.1) is 12.2 Å². The molecule has 0 unspecified atom stereocenters. The molecular formula is C19H21F3N4O2. The summed E-state index contributed by atoms with van der Waals surface area (Å²) in [4.78, 5) is 22.4. The van der Waals surface area contributed by atoms with E-state index in [0.29, 0.717) is 24.7 Å². The summed E-state index contributed by atoms with van der Waals surface area (Å²) < 4.78 is 44.7. The summed E-state index contributed by atoms with van der Waals surface area (Å²) in [5.41, 5.74) is 0.174. The Morgan fingerprint density at radius 3 is 2.79 bits per heavy atom. The van der Waals surface area contributed by atoms with Crippen molar-refractivity contribution in [2.75, 3.05) is 31.6 Å². The van der Waals surface area contributed by atoms with Crippen molar-refractivity contribution in [2.24, 2.45) is 5.92 Å². The van der Waals surface area contributed by atoms with Crippen molar-refractivity contribution >= 4 is 11.9 Å². The van der Waals surface area contributed by atoms with Gasteiger partial charge < -0.3 is 15.0 Å². The SMILES string of the molecule is CNC(=O)c1cc(C)nc(N2CC[C@H](COc3ccccc3C(F)(F)F)C2)n1. The molecule has 1 amide bonds. The van der Waals surface area contributed by atoms with Crippen LogP contribution in [0.4, 0.5) is 19.1 Å². The van der Waals surface area contributed by atoms with E-state index < -0.39 is 11.7 Å². The molecule has 1 aromatic carbocycles. The van der Waals surface area contributed by atoms with E-state index in [-0.39, 0.29) is 29.9 Å². The van der Waals surface area contributed by atoms with Crippen molar-refractivity contribution in [2.45, 2.75) is 19.5 Å². The molecule has 0 saturated carbocycles. The fourth-order valence-corrected chi connectivity index (χ4v) is 3.12. The highest BCUT2D eigenvalue weighted by atomic mass is 19.4. The van der Waals surface area contributed by atoms with Gasteiger partial charge in [-0.05, 0) is 31.5 Å². The van der Waals surface area contributed by atoms with Gasteiger partial charge in [0.25, 0.3) is 5.91 Å². The van der Waals surface area contributed by atoms with Gasteiger partial charge in [-0.25, -0.2) is 9.97 Å². The number of hydrogen-bond donors (Lipinski definition) is 1. The Hall–Kier alpha value is -2.84. The van der Waals surface area contributed by atoms with E-state index in [1.165, 1.54) is 25.2 Å². The second-order valence-corrected chi connectivity index (χ2v) is 6.68. The quantitative estimate of drug-likeness (QED) is 0.844. The standard InChI is InChI=1S/C19H21F3N4O2/c1-12-9-15(17(27)23-2)25-18(24-12)26-8-7-13(10-26)11-28-16-6-4-3-5-14(16)19(20,21)22/h3-6,9,13H,7-8,10-11H2,1-2H3,(H,23,27)/t13-/m0/s1. The maximum Gasteiger partial charge on any atom is 0.419 e. The number of alkyl halides is 3. The minimum Gasteiger partial charge on any atom is -0.493 e. The summed E-state index contributed by atoms with van der Waals surface area (Å²) in [6, 6.07) is 6.80. The highest BCUT2D eigenvalue weighted by Crippen LogP contribution is 2.36. The molecule has 1 N–H and O–H groups in total. The van der Waals surface area contributed by atoms with E-state index >= 15 is 0 Å². The number of nitrogens with zero attached hydrogens (tertiary/aromatic N) is 3. The average Bonchev–Trinajstić information content (AvgIpc) is 3.14. The molecule has 1 aromatic heterocycles. The van der Waals surface area contributed by atoms with Crippen LogP contribution in [0.2, 0.25) is 0 Å². The first-order valence-electron chi connectivity index (χ1n) is 8.89. The number of para-hydroxylation sites is 1. The fourth-order valence-electron chi connectivity index (χ4n) is 3.12. The van der Waals surface area contributed by atoms with Crippen LogP contribution in [-0.2, 0) is 6.18 Å². The monoisotopic (exact) mass is 394 g/mol. The summed E-state index contributed by atoms with van der Waals surface area (Å²) >= 11 is 0. The maximum atomic E-state index is 13.1. The van der Waals surface area contributed by atoms with E-state index in [1.807, 2.05) is 4.90 Å². The number of hydrogen-bond acceptors (Lipinski definition) is 5. The number of anilines is 1. The van der Waals surface area contributed by atoms with Crippen LogP contribution in [0.3, 0.4) is 0 Å². The van der Waals surface area contributed by atoms with Gasteiger partial charge in [-0.15, -0.1) is 0 Å². The van der Waals surface area contributed by atoms with Crippen molar-refractivity contribution in [3.05, 3.63) is 47.3 Å². The van der Waals surface area contributed by atoms with Crippen molar-refractivity contribution in [3.63, 3.8) is 0 Å². The predicted octanol–water partition coefficient (Wildman–Crippen LogP) is 3.07. The molecule has 6 nitrogen and oxygen atoms in total. The zero-order valence-electron chi connectivity index (χ0n) is 15.6. The van der Waals surface area contributed by atoms with E-state index in [4.69, 9.17) is 4.74 Å². The summed E-state index contributed by atoms with van der Waals surface area (Å²) in [6.45, 7) is 3.14. The van der Waals surface area contributed by atoms with E-state index in [1.54, 1.807) is 13.0 Å². The van der Waals surface area contributed by atoms with Gasteiger partial charge in [-0.3, -0.25) is 4.79 Å².